The molecule has 0 bridgehead atoms. The van der Waals surface area contributed by atoms with E-state index in [0.29, 0.717) is 0 Å². The number of methoxy groups -OCH3 is 2. The normalized spacial score (nSPS) is 29.5. The van der Waals surface area contributed by atoms with Crippen LogP contribution in [-0.2, 0) is 41.6 Å². The molecule has 10 N–H and O–H groups in total. The van der Waals surface area contributed by atoms with Gasteiger partial charge in [-0.2, -0.15) is 0 Å². The van der Waals surface area contributed by atoms with Crippen LogP contribution in [0.5, 0.6) is 23.0 Å². The van der Waals surface area contributed by atoms with Crippen LogP contribution in [0, 0.1) is 20.2 Å². The van der Waals surface area contributed by atoms with E-state index in [0.717, 1.165) is 34.1 Å². The van der Waals surface area contributed by atoms with Gasteiger partial charge in [-0.25, -0.2) is 19.4 Å². The number of hydrogen-bond acceptors (Lipinski definition) is 28. The van der Waals surface area contributed by atoms with Crippen molar-refractivity contribution in [2.75, 3.05) is 63.5 Å². The lowest BCUT2D eigenvalue weighted by Gasteiger charge is -2.39. The van der Waals surface area contributed by atoms with Crippen molar-refractivity contribution < 1.29 is 127 Å². The lowest BCUT2D eigenvalue weighted by molar-refractivity contribution is -0.387. The minimum Gasteiger partial charge on any atom is -0.497 e. The van der Waals surface area contributed by atoms with Crippen LogP contribution < -0.4 is 28.7 Å². The summed E-state index contributed by atoms with van der Waals surface area (Å²) in [6.07, 6.45) is -24.4. The number of hydrogen-bond donors (Lipinski definition) is 10. The molecule has 4 fully saturated rings. The van der Waals surface area contributed by atoms with Gasteiger partial charge in [-0.15, -0.1) is 0 Å². The lowest BCUT2D eigenvalue weighted by Crippen LogP contribution is -2.60. The first-order chi connectivity index (χ1) is 43.6. The van der Waals surface area contributed by atoms with Crippen LogP contribution in [0.1, 0.15) is 51.1 Å². The maximum absolute atomic E-state index is 14.3. The van der Waals surface area contributed by atoms with Gasteiger partial charge in [0, 0.05) is 38.4 Å². The monoisotopic (exact) mass is 1280 g/mol. The standard InChI is InChI=1S/C57H66N6O28/c1-82-28-6-8-32-30(20-28)50(72)58-14-12-38(42(58)52(74)60(32)56(76)86-24-26-4-10-36(34(18-26)62(78)79)88-54-48(70)46(68)44(66)40(22-64)90-54)84-16-3-17-85-39-13-15-59-43(39)53(75)61(33-9-7-29(83-2)21-31(33)51(59)73)57(77)87-25-27-5-11-37(35(19-27)63(80)81)89-55-49(71)47(69)45(67)41(23-65)91-55/h4-11,18-21,38-49,52-55,64-71,74-75H,3,12-17,22-25H2,1-2H3/t38?,39?,40-,41-,42+,43?,44+,45+,46+,47+,48-,49-,52+,53?,54-,55-/m1/s1. The van der Waals surface area contributed by atoms with Gasteiger partial charge in [0.05, 0.1) is 72.0 Å². The van der Waals surface area contributed by atoms with E-state index in [9.17, 15) is 90.5 Å². The van der Waals surface area contributed by atoms with E-state index in [2.05, 4.69) is 0 Å². The molecule has 91 heavy (non-hydrogen) atoms. The summed E-state index contributed by atoms with van der Waals surface area (Å²) < 4.78 is 56.3. The second kappa shape index (κ2) is 27.7. The number of rotatable bonds is 20. The van der Waals surface area contributed by atoms with Crippen molar-refractivity contribution in [2.24, 2.45) is 0 Å². The number of benzene rings is 4. The Morgan fingerprint density at radius 2 is 0.956 bits per heavy atom. The second-order valence-electron chi connectivity index (χ2n) is 21.9. The van der Waals surface area contributed by atoms with Gasteiger partial charge in [-0.3, -0.25) is 29.8 Å². The lowest BCUT2D eigenvalue weighted by atomic mass is 9.99. The summed E-state index contributed by atoms with van der Waals surface area (Å²) in [6.45, 7) is -2.81. The van der Waals surface area contributed by atoms with Crippen LogP contribution in [-0.4, -0.2) is 247 Å². The minimum absolute atomic E-state index is 0.0411. The molecule has 6 aliphatic heterocycles. The fourth-order valence-corrected chi connectivity index (χ4v) is 11.8. The van der Waals surface area contributed by atoms with E-state index < -0.39 is 181 Å². The van der Waals surface area contributed by atoms with E-state index in [4.69, 9.17) is 47.4 Å². The van der Waals surface area contributed by atoms with Gasteiger partial charge in [0.1, 0.15) is 85.6 Å². The van der Waals surface area contributed by atoms with Gasteiger partial charge in [-0.1, -0.05) is 12.1 Å². The number of aliphatic hydroxyl groups is 10. The molecular formula is C57H66N6O28. The summed E-state index contributed by atoms with van der Waals surface area (Å²) in [5, 5.41) is 130. The molecule has 0 spiro atoms. The zero-order chi connectivity index (χ0) is 65.3. The number of nitrogens with zero attached hydrogens (tertiary/aromatic N) is 6. The number of carbonyl (C=O) groups is 4. The fourth-order valence-electron chi connectivity index (χ4n) is 11.8. The van der Waals surface area contributed by atoms with Gasteiger partial charge in [0.2, 0.25) is 12.6 Å². The molecule has 4 unspecified atom stereocenters. The third-order valence-corrected chi connectivity index (χ3v) is 16.5. The molecule has 10 rings (SSSR count). The average Bonchev–Trinajstić information content (AvgIpc) is 1.64. The molecule has 0 aliphatic carbocycles. The summed E-state index contributed by atoms with van der Waals surface area (Å²) in [5.74, 6) is -1.61. The molecule has 6 heterocycles. The molecule has 4 aromatic carbocycles. The van der Waals surface area contributed by atoms with E-state index in [1.165, 1.54) is 72.6 Å². The Balaban J connectivity index is 0.793. The summed E-state index contributed by atoms with van der Waals surface area (Å²) in [5.41, 5.74) is -1.53. The summed E-state index contributed by atoms with van der Waals surface area (Å²) in [4.78, 5) is 84.4. The third kappa shape index (κ3) is 13.0. The number of aliphatic hydroxyl groups excluding tert-OH is 10. The van der Waals surface area contributed by atoms with Crippen molar-refractivity contribution in [1.29, 1.82) is 0 Å². The predicted octanol–water partition coefficient (Wildman–Crippen LogP) is -0.882. The first-order valence-corrected chi connectivity index (χ1v) is 28.6. The van der Waals surface area contributed by atoms with Crippen LogP contribution in [0.25, 0.3) is 0 Å². The van der Waals surface area contributed by atoms with E-state index in [-0.39, 0.29) is 90.7 Å². The van der Waals surface area contributed by atoms with Crippen LogP contribution in [0.15, 0.2) is 72.8 Å². The van der Waals surface area contributed by atoms with Crippen molar-refractivity contribution in [3.63, 3.8) is 0 Å². The van der Waals surface area contributed by atoms with Crippen LogP contribution >= 0.6 is 0 Å². The van der Waals surface area contributed by atoms with E-state index in [1.54, 1.807) is 0 Å². The Morgan fingerprint density at radius 1 is 0.560 bits per heavy atom. The molecular weight excluding hydrogens is 1220 g/mol. The minimum atomic E-state index is -1.89. The molecule has 34 nitrogen and oxygen atoms in total. The van der Waals surface area contributed by atoms with Crippen LogP contribution in [0.4, 0.5) is 32.3 Å². The number of nitro benzene ring substituents is 2. The van der Waals surface area contributed by atoms with Gasteiger partial charge >= 0.3 is 23.6 Å². The highest BCUT2D eigenvalue weighted by Gasteiger charge is 2.53. The Hall–Kier alpha value is -8.20. The topological polar surface area (TPSA) is 462 Å². The highest BCUT2D eigenvalue weighted by molar-refractivity contribution is 6.06. The SMILES string of the molecule is COc1ccc2c(c1)C(=O)N1CCC(OCCCOC3CCN4C(=O)c5cc(OC)ccc5N(C(=O)OCc5ccc(O[C@@H]6O[C@H](CO)[C@H](O)[C@H](O)[C@H]6O)c([N+](=O)[O-])c5)[C@@H](O)[C@H]34)C1C(O)N2C(=O)OCc1ccc(O[C@@H]2O[C@H](CO)[C@H](O)[C@H](O)[C@H]2O)c([N+](=O)[O-])c1. The van der Waals surface area contributed by atoms with Crippen molar-refractivity contribution in [1.82, 2.24) is 9.80 Å². The molecule has 4 amide bonds. The van der Waals surface area contributed by atoms with E-state index in [1.807, 2.05) is 0 Å². The maximum Gasteiger partial charge on any atom is 0.416 e. The number of ether oxygens (including phenoxy) is 10. The summed E-state index contributed by atoms with van der Waals surface area (Å²) in [7, 11) is 2.73. The van der Waals surface area contributed by atoms with Crippen molar-refractivity contribution in [3.05, 3.63) is 115 Å². The Kier molecular flexibility index (Phi) is 20.0. The molecule has 4 aromatic rings. The average molecular weight is 1280 g/mol. The van der Waals surface area contributed by atoms with Crippen LogP contribution in [0.2, 0.25) is 0 Å². The molecule has 34 heteroatoms. The largest absolute Gasteiger partial charge is 0.497 e. The smallest absolute Gasteiger partial charge is 0.416 e. The van der Waals surface area contributed by atoms with Gasteiger partial charge < -0.3 is 108 Å². The summed E-state index contributed by atoms with van der Waals surface area (Å²) >= 11 is 0. The number of carbonyl (C=O) groups excluding carboxylic acids is 4. The zero-order valence-corrected chi connectivity index (χ0v) is 48.4. The fraction of sp³-hybridized carbons (Fsp3) is 0.509. The second-order valence-corrected chi connectivity index (χ2v) is 21.9. The van der Waals surface area contributed by atoms with Crippen molar-refractivity contribution >= 4 is 46.8 Å². The molecule has 16 atom stereocenters. The van der Waals surface area contributed by atoms with Gasteiger partial charge in [0.15, 0.2) is 24.0 Å². The molecule has 6 aliphatic rings. The molecule has 0 aromatic heterocycles. The molecule has 0 saturated carbocycles. The first-order valence-electron chi connectivity index (χ1n) is 28.6. The summed E-state index contributed by atoms with van der Waals surface area (Å²) in [6, 6.07) is 12.8. The quantitative estimate of drug-likeness (QED) is 0.0292. The van der Waals surface area contributed by atoms with Crippen molar-refractivity contribution in [2.45, 2.75) is 131 Å². The maximum atomic E-state index is 14.3. The predicted molar refractivity (Wildman–Crippen MR) is 301 cm³/mol. The zero-order valence-electron chi connectivity index (χ0n) is 48.4. The molecule has 4 saturated heterocycles. The Morgan fingerprint density at radius 3 is 1.32 bits per heavy atom. The Labute approximate surface area is 515 Å². The van der Waals surface area contributed by atoms with E-state index >= 15 is 0 Å². The Bertz CT molecular complexity index is 3150. The number of fused-ring (bicyclic) bond motifs is 4. The number of nitro groups is 2. The highest BCUT2D eigenvalue weighted by atomic mass is 16.7. The van der Waals surface area contributed by atoms with Gasteiger partial charge in [-0.05, 0) is 78.9 Å². The highest BCUT2D eigenvalue weighted by Crippen LogP contribution is 2.42. The number of amides is 4. The molecule has 492 valence electrons. The third-order valence-electron chi connectivity index (χ3n) is 16.5. The van der Waals surface area contributed by atoms with Gasteiger partial charge in [0.25, 0.3) is 11.8 Å². The van der Waals surface area contributed by atoms with Crippen LogP contribution in [0.3, 0.4) is 0 Å². The van der Waals surface area contributed by atoms with Crippen molar-refractivity contribution in [3.8, 4) is 23.0 Å². The molecule has 0 radical (unpaired) electrons. The number of anilines is 2. The first kappa shape index (κ1) is 65.7.